The summed E-state index contributed by atoms with van der Waals surface area (Å²) in [6, 6.07) is 7.40. The second-order valence-corrected chi connectivity index (χ2v) is 6.23. The first kappa shape index (κ1) is 21.3. The number of nitrogens with zero attached hydrogens (tertiary/aromatic N) is 1. The van der Waals surface area contributed by atoms with Gasteiger partial charge in [0.1, 0.15) is 5.75 Å². The number of aliphatic hydroxyl groups is 1. The Labute approximate surface area is 151 Å². The van der Waals surface area contributed by atoms with Gasteiger partial charge in [-0.15, -0.1) is 0 Å². The first-order chi connectivity index (χ1) is 12.1. The molecule has 0 amide bonds. The Morgan fingerprint density at radius 1 is 1.24 bits per heavy atom. The van der Waals surface area contributed by atoms with Crippen LogP contribution < -0.4 is 15.4 Å². The zero-order chi connectivity index (χ0) is 18.5. The van der Waals surface area contributed by atoms with E-state index in [1.54, 1.807) is 7.11 Å². The van der Waals surface area contributed by atoms with Crippen LogP contribution in [0.3, 0.4) is 0 Å². The molecule has 0 saturated heterocycles. The van der Waals surface area contributed by atoms with Gasteiger partial charge in [0.2, 0.25) is 0 Å². The van der Waals surface area contributed by atoms with E-state index < -0.39 is 6.10 Å². The molecule has 0 spiro atoms. The van der Waals surface area contributed by atoms with Crippen LogP contribution in [0.5, 0.6) is 5.75 Å². The number of nitrogens with one attached hydrogen (secondary N) is 2. The molecule has 1 aromatic carbocycles. The quantitative estimate of drug-likeness (QED) is 0.324. The van der Waals surface area contributed by atoms with E-state index >= 15 is 0 Å². The maximum Gasteiger partial charge on any atom is 0.191 e. The van der Waals surface area contributed by atoms with Gasteiger partial charge in [0.25, 0.3) is 0 Å². The van der Waals surface area contributed by atoms with Crippen molar-refractivity contribution in [2.45, 2.75) is 33.3 Å². The summed E-state index contributed by atoms with van der Waals surface area (Å²) in [7, 11) is 1.61. The third-order valence-electron chi connectivity index (χ3n) is 3.62. The Kier molecular flexibility index (Phi) is 10.7. The zero-order valence-electron chi connectivity index (χ0n) is 15.9. The highest BCUT2D eigenvalue weighted by Gasteiger charge is 2.08. The van der Waals surface area contributed by atoms with Crippen LogP contribution in [0.2, 0.25) is 0 Å². The van der Waals surface area contributed by atoms with Crippen molar-refractivity contribution in [3.05, 3.63) is 29.8 Å². The smallest absolute Gasteiger partial charge is 0.191 e. The van der Waals surface area contributed by atoms with Crippen LogP contribution in [-0.4, -0.2) is 51.0 Å². The van der Waals surface area contributed by atoms with Gasteiger partial charge in [0.15, 0.2) is 5.96 Å². The van der Waals surface area contributed by atoms with Crippen LogP contribution in [0.25, 0.3) is 0 Å². The van der Waals surface area contributed by atoms with Gasteiger partial charge >= 0.3 is 0 Å². The lowest BCUT2D eigenvalue weighted by Gasteiger charge is -2.14. The van der Waals surface area contributed by atoms with Crippen molar-refractivity contribution in [1.82, 2.24) is 10.6 Å². The lowest BCUT2D eigenvalue weighted by molar-refractivity contribution is 0.128. The summed E-state index contributed by atoms with van der Waals surface area (Å²) in [5, 5.41) is 16.7. The minimum Gasteiger partial charge on any atom is -0.497 e. The van der Waals surface area contributed by atoms with Gasteiger partial charge in [-0.25, -0.2) is 0 Å². The van der Waals surface area contributed by atoms with E-state index in [9.17, 15) is 5.11 Å². The van der Waals surface area contributed by atoms with Crippen molar-refractivity contribution < 1.29 is 14.6 Å². The summed E-state index contributed by atoms with van der Waals surface area (Å²) in [6.45, 7) is 9.51. The van der Waals surface area contributed by atoms with Crippen LogP contribution in [0, 0.1) is 5.92 Å². The number of aliphatic hydroxyl groups excluding tert-OH is 1. The molecule has 142 valence electrons. The molecule has 0 heterocycles. The molecule has 0 aromatic heterocycles. The number of aliphatic imine (C=N–C) groups is 1. The predicted octanol–water partition coefficient (Wildman–Crippen LogP) is 2.35. The molecule has 0 bridgehead atoms. The minimum absolute atomic E-state index is 0.275. The van der Waals surface area contributed by atoms with E-state index in [0.29, 0.717) is 25.0 Å². The van der Waals surface area contributed by atoms with E-state index in [0.717, 1.165) is 30.9 Å². The van der Waals surface area contributed by atoms with Crippen molar-refractivity contribution in [1.29, 1.82) is 0 Å². The Morgan fingerprint density at radius 2 is 2.04 bits per heavy atom. The molecule has 25 heavy (non-hydrogen) atoms. The number of hydrogen-bond donors (Lipinski definition) is 3. The van der Waals surface area contributed by atoms with Gasteiger partial charge in [0, 0.05) is 19.7 Å². The van der Waals surface area contributed by atoms with Gasteiger partial charge in [-0.2, -0.15) is 0 Å². The summed E-state index contributed by atoms with van der Waals surface area (Å²) in [5.41, 5.74) is 0.788. The second-order valence-electron chi connectivity index (χ2n) is 6.23. The van der Waals surface area contributed by atoms with Crippen LogP contribution in [0.4, 0.5) is 0 Å². The molecule has 6 nitrogen and oxygen atoms in total. The largest absolute Gasteiger partial charge is 0.497 e. The van der Waals surface area contributed by atoms with Crippen LogP contribution in [0.1, 0.15) is 38.9 Å². The SMILES string of the molecule is CCNC(=NCC(O)c1cccc(OC)c1)NCCOCCC(C)C. The Balaban J connectivity index is 2.42. The summed E-state index contributed by atoms with van der Waals surface area (Å²) in [5.74, 6) is 2.06. The van der Waals surface area contributed by atoms with Gasteiger partial charge in [0.05, 0.1) is 26.4 Å². The van der Waals surface area contributed by atoms with E-state index in [4.69, 9.17) is 9.47 Å². The van der Waals surface area contributed by atoms with Crippen LogP contribution in [0.15, 0.2) is 29.3 Å². The standard InChI is InChI=1S/C19H33N3O3/c1-5-20-19(21-10-12-25-11-9-15(2)3)22-14-18(23)16-7-6-8-17(13-16)24-4/h6-8,13,15,18,23H,5,9-12,14H2,1-4H3,(H2,20,21,22). The fourth-order valence-electron chi connectivity index (χ4n) is 2.14. The molecular formula is C19H33N3O3. The molecular weight excluding hydrogens is 318 g/mol. The van der Waals surface area contributed by atoms with Gasteiger partial charge in [-0.05, 0) is 37.0 Å². The highest BCUT2D eigenvalue weighted by atomic mass is 16.5. The maximum absolute atomic E-state index is 10.3. The summed E-state index contributed by atoms with van der Waals surface area (Å²) >= 11 is 0. The average molecular weight is 351 g/mol. The lowest BCUT2D eigenvalue weighted by atomic mass is 10.1. The lowest BCUT2D eigenvalue weighted by Crippen LogP contribution is -2.39. The van der Waals surface area contributed by atoms with Gasteiger partial charge in [-0.3, -0.25) is 4.99 Å². The first-order valence-electron chi connectivity index (χ1n) is 8.98. The second kappa shape index (κ2) is 12.6. The first-order valence-corrected chi connectivity index (χ1v) is 8.98. The molecule has 0 saturated carbocycles. The van der Waals surface area contributed by atoms with Crippen molar-refractivity contribution >= 4 is 5.96 Å². The fraction of sp³-hybridized carbons (Fsp3) is 0.632. The van der Waals surface area contributed by atoms with E-state index in [-0.39, 0.29) is 6.54 Å². The topological polar surface area (TPSA) is 75.1 Å². The minimum atomic E-state index is -0.673. The normalized spacial score (nSPS) is 13.0. The third-order valence-corrected chi connectivity index (χ3v) is 3.62. The van der Waals surface area contributed by atoms with Gasteiger partial charge in [-0.1, -0.05) is 26.0 Å². The number of guanidine groups is 1. The van der Waals surface area contributed by atoms with Crippen molar-refractivity contribution in [2.75, 3.05) is 40.0 Å². The molecule has 0 aliphatic carbocycles. The fourth-order valence-corrected chi connectivity index (χ4v) is 2.14. The number of benzene rings is 1. The third kappa shape index (κ3) is 9.31. The molecule has 1 atom stereocenters. The van der Waals surface area contributed by atoms with Crippen molar-refractivity contribution in [3.8, 4) is 5.75 Å². The number of methoxy groups -OCH3 is 1. The Bertz CT molecular complexity index is 506. The van der Waals surface area contributed by atoms with E-state index in [2.05, 4.69) is 29.5 Å². The molecule has 6 heteroatoms. The molecule has 0 aliphatic heterocycles. The highest BCUT2D eigenvalue weighted by molar-refractivity contribution is 5.79. The van der Waals surface area contributed by atoms with E-state index in [1.165, 1.54) is 0 Å². The van der Waals surface area contributed by atoms with Crippen molar-refractivity contribution in [2.24, 2.45) is 10.9 Å². The summed E-state index contributed by atoms with van der Waals surface area (Å²) in [4.78, 5) is 4.44. The molecule has 0 aliphatic rings. The number of rotatable bonds is 11. The molecule has 1 rings (SSSR count). The monoisotopic (exact) mass is 351 g/mol. The Hall–Kier alpha value is -1.79. The summed E-state index contributed by atoms with van der Waals surface area (Å²) < 4.78 is 10.8. The number of hydrogen-bond acceptors (Lipinski definition) is 4. The average Bonchev–Trinajstić information content (AvgIpc) is 2.61. The molecule has 1 aromatic rings. The predicted molar refractivity (Wildman–Crippen MR) is 102 cm³/mol. The summed E-state index contributed by atoms with van der Waals surface area (Å²) in [6.07, 6.45) is 0.397. The Morgan fingerprint density at radius 3 is 2.72 bits per heavy atom. The molecule has 1 unspecified atom stereocenters. The number of ether oxygens (including phenoxy) is 2. The molecule has 0 radical (unpaired) electrons. The maximum atomic E-state index is 10.3. The molecule has 3 N–H and O–H groups in total. The van der Waals surface area contributed by atoms with Crippen LogP contribution in [-0.2, 0) is 4.74 Å². The van der Waals surface area contributed by atoms with E-state index in [1.807, 2.05) is 31.2 Å². The zero-order valence-corrected chi connectivity index (χ0v) is 15.9. The van der Waals surface area contributed by atoms with Crippen molar-refractivity contribution in [3.63, 3.8) is 0 Å². The molecule has 0 fully saturated rings. The van der Waals surface area contributed by atoms with Gasteiger partial charge < -0.3 is 25.2 Å². The highest BCUT2D eigenvalue weighted by Crippen LogP contribution is 2.19. The van der Waals surface area contributed by atoms with Crippen LogP contribution >= 0.6 is 0 Å².